The second-order valence-electron chi connectivity index (χ2n) is 6.31. The maximum atomic E-state index is 12.1. The van der Waals surface area contributed by atoms with Crippen LogP contribution < -0.4 is 10.2 Å². The lowest BCUT2D eigenvalue weighted by Gasteiger charge is -2.00. The van der Waals surface area contributed by atoms with E-state index in [2.05, 4.69) is 15.5 Å². The fourth-order valence-corrected chi connectivity index (χ4v) is 4.71. The van der Waals surface area contributed by atoms with Gasteiger partial charge in [0.25, 0.3) is 11.6 Å². The molecule has 0 radical (unpaired) electrons. The number of furan rings is 1. The molecule has 1 N–H and O–H groups in total. The summed E-state index contributed by atoms with van der Waals surface area (Å²) in [6.45, 7) is 2.55. The van der Waals surface area contributed by atoms with E-state index in [1.54, 1.807) is 12.1 Å². The van der Waals surface area contributed by atoms with Gasteiger partial charge in [0.2, 0.25) is 0 Å². The van der Waals surface area contributed by atoms with Crippen LogP contribution >= 0.6 is 23.1 Å². The summed E-state index contributed by atoms with van der Waals surface area (Å²) in [5, 5.41) is 15.3. The Morgan fingerprint density at radius 1 is 1.31 bits per heavy atom. The molecule has 32 heavy (non-hydrogen) atoms. The number of carbonyl (C=O) groups excluding carboxylic acids is 1. The fourth-order valence-electron chi connectivity index (χ4n) is 2.71. The molecule has 162 valence electrons. The summed E-state index contributed by atoms with van der Waals surface area (Å²) in [7, 11) is 0. The van der Waals surface area contributed by atoms with Gasteiger partial charge in [0.1, 0.15) is 11.5 Å². The van der Waals surface area contributed by atoms with Crippen LogP contribution in [0.1, 0.15) is 23.0 Å². The average molecular weight is 469 g/mol. The molecule has 0 saturated heterocycles. The molecule has 0 fully saturated rings. The third kappa shape index (κ3) is 5.13. The standard InChI is InChI=1S/C21H16N4O5S2/c1-2-29-15-6-8-17-18(11-15)31-21(23-17)32-19-9-7-16(30-19)12-22-24-20(26)13-4-3-5-14(10-13)25(27)28/h3-12H,2H2,1H3,(H,24,26)/b22-12-. The van der Waals surface area contributed by atoms with Gasteiger partial charge in [-0.1, -0.05) is 6.07 Å². The summed E-state index contributed by atoms with van der Waals surface area (Å²) < 4.78 is 13.1. The number of nitrogens with zero attached hydrogens (tertiary/aromatic N) is 3. The molecule has 2 aromatic heterocycles. The van der Waals surface area contributed by atoms with Gasteiger partial charge >= 0.3 is 0 Å². The number of thiazole rings is 1. The molecule has 0 saturated carbocycles. The highest BCUT2D eigenvalue weighted by atomic mass is 32.2. The molecule has 0 aliphatic carbocycles. The lowest BCUT2D eigenvalue weighted by molar-refractivity contribution is -0.384. The van der Waals surface area contributed by atoms with E-state index in [1.807, 2.05) is 25.1 Å². The molecule has 0 aliphatic heterocycles. The first-order valence-corrected chi connectivity index (χ1v) is 11.0. The third-order valence-electron chi connectivity index (χ3n) is 4.12. The molecule has 2 aromatic carbocycles. The zero-order valence-corrected chi connectivity index (χ0v) is 18.3. The molecule has 4 aromatic rings. The minimum Gasteiger partial charge on any atom is -0.494 e. The number of aromatic nitrogens is 1. The van der Waals surface area contributed by atoms with Crippen LogP contribution in [0.5, 0.6) is 5.75 Å². The largest absolute Gasteiger partial charge is 0.494 e. The summed E-state index contributed by atoms with van der Waals surface area (Å²) in [6.07, 6.45) is 1.35. The zero-order valence-electron chi connectivity index (χ0n) is 16.7. The van der Waals surface area contributed by atoms with Crippen LogP contribution in [0, 0.1) is 10.1 Å². The minimum atomic E-state index is -0.564. The molecule has 1 amide bonds. The van der Waals surface area contributed by atoms with Gasteiger partial charge in [0, 0.05) is 17.7 Å². The van der Waals surface area contributed by atoms with Crippen molar-refractivity contribution < 1.29 is 18.9 Å². The first-order valence-electron chi connectivity index (χ1n) is 9.41. The number of nitro benzene ring substituents is 1. The highest BCUT2D eigenvalue weighted by Crippen LogP contribution is 2.36. The summed E-state index contributed by atoms with van der Waals surface area (Å²) >= 11 is 2.92. The molecule has 11 heteroatoms. The number of hydrogen-bond acceptors (Lipinski definition) is 9. The highest BCUT2D eigenvalue weighted by Gasteiger charge is 2.12. The van der Waals surface area contributed by atoms with Crippen molar-refractivity contribution in [3.05, 3.63) is 76.0 Å². The molecule has 4 rings (SSSR count). The van der Waals surface area contributed by atoms with Gasteiger partial charge in [-0.2, -0.15) is 5.10 Å². The van der Waals surface area contributed by atoms with E-state index in [4.69, 9.17) is 9.15 Å². The number of ether oxygens (including phenoxy) is 1. The van der Waals surface area contributed by atoms with Gasteiger partial charge in [-0.05, 0) is 55.1 Å². The van der Waals surface area contributed by atoms with E-state index in [0.29, 0.717) is 17.5 Å². The average Bonchev–Trinajstić information content (AvgIpc) is 3.40. The predicted octanol–water partition coefficient (Wildman–Crippen LogP) is 5.11. The Morgan fingerprint density at radius 3 is 3.00 bits per heavy atom. The van der Waals surface area contributed by atoms with Crippen molar-refractivity contribution in [2.75, 3.05) is 6.61 Å². The van der Waals surface area contributed by atoms with Crippen LogP contribution in [-0.4, -0.2) is 28.6 Å². The van der Waals surface area contributed by atoms with Crippen LogP contribution in [0.25, 0.3) is 10.2 Å². The first kappa shape index (κ1) is 21.5. The Morgan fingerprint density at radius 2 is 2.19 bits per heavy atom. The van der Waals surface area contributed by atoms with E-state index >= 15 is 0 Å². The van der Waals surface area contributed by atoms with Crippen LogP contribution in [0.15, 0.2) is 73.5 Å². The van der Waals surface area contributed by atoms with Crippen LogP contribution in [0.2, 0.25) is 0 Å². The number of nitrogens with one attached hydrogen (secondary N) is 1. The smallest absolute Gasteiger partial charge is 0.271 e. The number of amides is 1. The normalized spacial score (nSPS) is 11.2. The van der Waals surface area contributed by atoms with Crippen molar-refractivity contribution in [3.8, 4) is 5.75 Å². The molecule has 0 bridgehead atoms. The Kier molecular flexibility index (Phi) is 6.47. The number of rotatable bonds is 8. The lowest BCUT2D eigenvalue weighted by atomic mass is 10.2. The van der Waals surface area contributed by atoms with E-state index in [9.17, 15) is 14.9 Å². The first-order chi connectivity index (χ1) is 15.5. The monoisotopic (exact) mass is 468 g/mol. The molecular formula is C21H16N4O5S2. The second kappa shape index (κ2) is 9.62. The Hall–Kier alpha value is -3.70. The van der Waals surface area contributed by atoms with E-state index in [0.717, 1.165) is 20.3 Å². The van der Waals surface area contributed by atoms with Gasteiger partial charge in [0.05, 0.1) is 28.0 Å². The lowest BCUT2D eigenvalue weighted by Crippen LogP contribution is -2.17. The molecule has 0 atom stereocenters. The number of non-ortho nitro benzene ring substituents is 1. The third-order valence-corrected chi connectivity index (χ3v) is 6.12. The number of carbonyl (C=O) groups is 1. The number of benzene rings is 2. The van der Waals surface area contributed by atoms with Gasteiger partial charge in [-0.3, -0.25) is 14.9 Å². The van der Waals surface area contributed by atoms with Crippen LogP contribution in [-0.2, 0) is 0 Å². The van der Waals surface area contributed by atoms with Gasteiger partial charge in [-0.15, -0.1) is 11.3 Å². The Balaban J connectivity index is 1.38. The van der Waals surface area contributed by atoms with Crippen molar-refractivity contribution in [3.63, 3.8) is 0 Å². The van der Waals surface area contributed by atoms with Gasteiger partial charge in [-0.25, -0.2) is 10.4 Å². The van der Waals surface area contributed by atoms with Crippen molar-refractivity contribution in [1.29, 1.82) is 0 Å². The number of fused-ring (bicyclic) bond motifs is 1. The number of hydrogen-bond donors (Lipinski definition) is 1. The predicted molar refractivity (Wildman–Crippen MR) is 122 cm³/mol. The van der Waals surface area contributed by atoms with Gasteiger partial charge < -0.3 is 9.15 Å². The van der Waals surface area contributed by atoms with E-state index in [-0.39, 0.29) is 11.3 Å². The Bertz CT molecular complexity index is 1310. The SMILES string of the molecule is CCOc1ccc2nc(Sc3ccc(/C=N\NC(=O)c4cccc([N+](=O)[O-])c4)o3)sc2c1. The molecule has 0 aliphatic rings. The summed E-state index contributed by atoms with van der Waals surface area (Å²) in [5.74, 6) is 0.683. The summed E-state index contributed by atoms with van der Waals surface area (Å²) in [4.78, 5) is 26.9. The zero-order chi connectivity index (χ0) is 22.5. The van der Waals surface area contributed by atoms with Crippen molar-refractivity contribution in [2.45, 2.75) is 16.4 Å². The van der Waals surface area contributed by atoms with Crippen LogP contribution in [0.4, 0.5) is 5.69 Å². The second-order valence-corrected chi connectivity index (χ2v) is 8.59. The summed E-state index contributed by atoms with van der Waals surface area (Å²) in [6, 6.07) is 14.7. The topological polar surface area (TPSA) is 120 Å². The van der Waals surface area contributed by atoms with E-state index in [1.165, 1.54) is 53.6 Å². The number of hydrazone groups is 1. The maximum absolute atomic E-state index is 12.1. The maximum Gasteiger partial charge on any atom is 0.271 e. The van der Waals surface area contributed by atoms with Gasteiger partial charge in [0.15, 0.2) is 9.43 Å². The minimum absolute atomic E-state index is 0.135. The highest BCUT2D eigenvalue weighted by molar-refractivity contribution is 8.01. The quantitative estimate of drug-likeness (QED) is 0.217. The molecule has 0 spiro atoms. The van der Waals surface area contributed by atoms with Crippen molar-refractivity contribution in [1.82, 2.24) is 10.4 Å². The van der Waals surface area contributed by atoms with Crippen molar-refractivity contribution in [2.24, 2.45) is 5.10 Å². The van der Waals surface area contributed by atoms with Crippen molar-refractivity contribution >= 4 is 51.1 Å². The number of nitro groups is 1. The molecule has 2 heterocycles. The van der Waals surface area contributed by atoms with E-state index < -0.39 is 10.8 Å². The fraction of sp³-hybridized carbons (Fsp3) is 0.0952. The molecular weight excluding hydrogens is 452 g/mol. The molecule has 0 unspecified atom stereocenters. The summed E-state index contributed by atoms with van der Waals surface area (Å²) in [5.41, 5.74) is 3.18. The van der Waals surface area contributed by atoms with Crippen LogP contribution in [0.3, 0.4) is 0 Å². The molecule has 9 nitrogen and oxygen atoms in total. The Labute approximate surface area is 190 Å².